The van der Waals surface area contributed by atoms with Crippen LogP contribution in [0.2, 0.25) is 0 Å². The highest BCUT2D eigenvalue weighted by Gasteiger charge is 2.32. The van der Waals surface area contributed by atoms with Crippen molar-refractivity contribution in [3.05, 3.63) is 0 Å². The quantitative estimate of drug-likeness (QED) is 0.783. The molecule has 3 atom stereocenters. The fourth-order valence-corrected chi connectivity index (χ4v) is 3.58. The molecule has 0 spiro atoms. The van der Waals surface area contributed by atoms with Crippen molar-refractivity contribution in [3.63, 3.8) is 0 Å². The highest BCUT2D eigenvalue weighted by molar-refractivity contribution is 5.88. The molecule has 2 saturated heterocycles. The van der Waals surface area contributed by atoms with Gasteiger partial charge in [-0.2, -0.15) is 0 Å². The molecule has 0 bridgehead atoms. The average Bonchev–Trinajstić information content (AvgIpc) is 3.06. The highest BCUT2D eigenvalue weighted by atomic mass is 16.5. The molecule has 5 heteroatoms. The molecule has 2 heterocycles. The summed E-state index contributed by atoms with van der Waals surface area (Å²) >= 11 is 0. The van der Waals surface area contributed by atoms with E-state index in [0.29, 0.717) is 12.5 Å². The summed E-state index contributed by atoms with van der Waals surface area (Å²) in [4.78, 5) is 26.6. The Hall–Kier alpha value is -1.10. The van der Waals surface area contributed by atoms with Crippen LogP contribution in [0.1, 0.15) is 71.6 Å². The predicted octanol–water partition coefficient (Wildman–Crippen LogP) is 2.63. The average molecular weight is 324 g/mol. The Morgan fingerprint density at radius 1 is 1.26 bits per heavy atom. The van der Waals surface area contributed by atoms with Crippen molar-refractivity contribution in [2.24, 2.45) is 0 Å². The minimum absolute atomic E-state index is 0.0222. The Morgan fingerprint density at radius 3 is 2.78 bits per heavy atom. The van der Waals surface area contributed by atoms with Crippen LogP contribution in [0.25, 0.3) is 0 Å². The molecule has 132 valence electrons. The maximum absolute atomic E-state index is 12.6. The van der Waals surface area contributed by atoms with Gasteiger partial charge in [0.1, 0.15) is 6.04 Å². The third-order valence-corrected chi connectivity index (χ3v) is 4.92. The topological polar surface area (TPSA) is 58.6 Å². The van der Waals surface area contributed by atoms with Crippen LogP contribution in [0.3, 0.4) is 0 Å². The minimum Gasteiger partial charge on any atom is -0.378 e. The molecule has 0 aliphatic carbocycles. The van der Waals surface area contributed by atoms with Gasteiger partial charge in [-0.25, -0.2) is 0 Å². The van der Waals surface area contributed by atoms with Crippen molar-refractivity contribution in [2.75, 3.05) is 13.2 Å². The molecular weight excluding hydrogens is 292 g/mol. The SMILES string of the molecule is CCCC(=O)N1CCCCC1C(=O)NC(C)CCC1CCCO1. The van der Waals surface area contributed by atoms with E-state index in [2.05, 4.69) is 5.32 Å². The Bertz CT molecular complexity index is 394. The van der Waals surface area contributed by atoms with E-state index in [1.807, 2.05) is 13.8 Å². The van der Waals surface area contributed by atoms with Crippen LogP contribution in [0.4, 0.5) is 0 Å². The molecule has 0 aromatic rings. The molecule has 3 unspecified atom stereocenters. The fourth-order valence-electron chi connectivity index (χ4n) is 3.58. The van der Waals surface area contributed by atoms with E-state index in [-0.39, 0.29) is 23.9 Å². The van der Waals surface area contributed by atoms with Crippen LogP contribution in [0, 0.1) is 0 Å². The number of amides is 2. The highest BCUT2D eigenvalue weighted by Crippen LogP contribution is 2.20. The molecular formula is C18H32N2O3. The molecule has 0 saturated carbocycles. The number of carbonyl (C=O) groups is 2. The zero-order chi connectivity index (χ0) is 16.7. The van der Waals surface area contributed by atoms with E-state index in [0.717, 1.165) is 64.5 Å². The Morgan fingerprint density at radius 2 is 2.09 bits per heavy atom. The second-order valence-electron chi connectivity index (χ2n) is 6.97. The number of hydrogen-bond acceptors (Lipinski definition) is 3. The van der Waals surface area contributed by atoms with E-state index in [1.54, 1.807) is 4.90 Å². The van der Waals surface area contributed by atoms with Gasteiger partial charge in [-0.3, -0.25) is 9.59 Å². The van der Waals surface area contributed by atoms with E-state index >= 15 is 0 Å². The van der Waals surface area contributed by atoms with Gasteiger partial charge in [0.2, 0.25) is 11.8 Å². The standard InChI is InChI=1S/C18H32N2O3/c1-3-7-17(21)20-12-5-4-9-16(20)18(22)19-14(2)10-11-15-8-6-13-23-15/h14-16H,3-13H2,1-2H3,(H,19,22). The van der Waals surface area contributed by atoms with Crippen LogP contribution < -0.4 is 5.32 Å². The number of likely N-dealkylation sites (tertiary alicyclic amines) is 1. The summed E-state index contributed by atoms with van der Waals surface area (Å²) in [5, 5.41) is 3.11. The first-order valence-electron chi connectivity index (χ1n) is 9.33. The normalized spacial score (nSPS) is 26.1. The summed E-state index contributed by atoms with van der Waals surface area (Å²) in [5.41, 5.74) is 0. The zero-order valence-electron chi connectivity index (χ0n) is 14.7. The predicted molar refractivity (Wildman–Crippen MR) is 90.1 cm³/mol. The molecule has 2 aliphatic rings. The summed E-state index contributed by atoms with van der Waals surface area (Å²) in [5.74, 6) is 0.147. The molecule has 1 N–H and O–H groups in total. The van der Waals surface area contributed by atoms with Gasteiger partial charge in [0, 0.05) is 25.6 Å². The smallest absolute Gasteiger partial charge is 0.243 e. The van der Waals surface area contributed by atoms with Crippen LogP contribution >= 0.6 is 0 Å². The van der Waals surface area contributed by atoms with Crippen LogP contribution in [-0.4, -0.2) is 48.1 Å². The lowest BCUT2D eigenvalue weighted by Crippen LogP contribution is -2.53. The molecule has 2 amide bonds. The van der Waals surface area contributed by atoms with Gasteiger partial charge in [-0.05, 0) is 58.3 Å². The fraction of sp³-hybridized carbons (Fsp3) is 0.889. The third-order valence-electron chi connectivity index (χ3n) is 4.92. The number of nitrogens with zero attached hydrogens (tertiary/aromatic N) is 1. The first-order chi connectivity index (χ1) is 11.1. The van der Waals surface area contributed by atoms with Crippen LogP contribution in [-0.2, 0) is 14.3 Å². The van der Waals surface area contributed by atoms with Crippen molar-refractivity contribution in [3.8, 4) is 0 Å². The van der Waals surface area contributed by atoms with Crippen molar-refractivity contribution in [1.82, 2.24) is 10.2 Å². The number of hydrogen-bond donors (Lipinski definition) is 1. The number of carbonyl (C=O) groups excluding carboxylic acids is 2. The van der Waals surface area contributed by atoms with Gasteiger partial charge < -0.3 is 15.0 Å². The monoisotopic (exact) mass is 324 g/mol. The second-order valence-corrected chi connectivity index (χ2v) is 6.97. The lowest BCUT2D eigenvalue weighted by Gasteiger charge is -2.35. The van der Waals surface area contributed by atoms with Gasteiger partial charge in [-0.15, -0.1) is 0 Å². The largest absolute Gasteiger partial charge is 0.378 e. The lowest BCUT2D eigenvalue weighted by atomic mass is 9.99. The number of ether oxygens (including phenoxy) is 1. The Kier molecular flexibility index (Phi) is 7.34. The van der Waals surface area contributed by atoms with Crippen molar-refractivity contribution >= 4 is 11.8 Å². The van der Waals surface area contributed by atoms with Gasteiger partial charge in [0.15, 0.2) is 0 Å². The number of rotatable bonds is 7. The number of piperidine rings is 1. The van der Waals surface area contributed by atoms with Crippen LogP contribution in [0.15, 0.2) is 0 Å². The summed E-state index contributed by atoms with van der Waals surface area (Å²) in [6.07, 6.45) is 8.80. The maximum atomic E-state index is 12.6. The Labute approximate surface area is 140 Å². The van der Waals surface area contributed by atoms with Crippen molar-refractivity contribution in [1.29, 1.82) is 0 Å². The summed E-state index contributed by atoms with van der Waals surface area (Å²) in [6.45, 7) is 5.65. The van der Waals surface area contributed by atoms with Crippen molar-refractivity contribution in [2.45, 2.75) is 89.8 Å². The molecule has 2 fully saturated rings. The first-order valence-corrected chi connectivity index (χ1v) is 9.33. The van der Waals surface area contributed by atoms with Crippen LogP contribution in [0.5, 0.6) is 0 Å². The van der Waals surface area contributed by atoms with E-state index in [9.17, 15) is 9.59 Å². The molecule has 0 radical (unpaired) electrons. The minimum atomic E-state index is -0.270. The van der Waals surface area contributed by atoms with Gasteiger partial charge >= 0.3 is 0 Å². The second kappa shape index (κ2) is 9.26. The molecule has 0 aromatic heterocycles. The van der Waals surface area contributed by atoms with E-state index in [1.165, 1.54) is 0 Å². The van der Waals surface area contributed by atoms with Gasteiger partial charge in [0.05, 0.1) is 6.10 Å². The van der Waals surface area contributed by atoms with E-state index in [4.69, 9.17) is 4.74 Å². The molecule has 0 aromatic carbocycles. The first kappa shape index (κ1) is 18.2. The van der Waals surface area contributed by atoms with Gasteiger partial charge in [0.25, 0.3) is 0 Å². The lowest BCUT2D eigenvalue weighted by molar-refractivity contribution is -0.142. The summed E-state index contributed by atoms with van der Waals surface area (Å²) in [6, 6.07) is -0.135. The Balaban J connectivity index is 1.80. The van der Waals surface area contributed by atoms with Crippen molar-refractivity contribution < 1.29 is 14.3 Å². The maximum Gasteiger partial charge on any atom is 0.243 e. The van der Waals surface area contributed by atoms with Gasteiger partial charge in [-0.1, -0.05) is 6.92 Å². The number of nitrogens with one attached hydrogen (secondary N) is 1. The molecule has 5 nitrogen and oxygen atoms in total. The molecule has 23 heavy (non-hydrogen) atoms. The molecule has 2 aliphatic heterocycles. The zero-order valence-corrected chi connectivity index (χ0v) is 14.7. The molecule has 2 rings (SSSR count). The summed E-state index contributed by atoms with van der Waals surface area (Å²) < 4.78 is 5.63. The third kappa shape index (κ3) is 5.48. The summed E-state index contributed by atoms with van der Waals surface area (Å²) in [7, 11) is 0. The van der Waals surface area contributed by atoms with E-state index < -0.39 is 0 Å².